The third-order valence-corrected chi connectivity index (χ3v) is 1.34. The largest absolute Gasteiger partial charge is 0.469 e. The van der Waals surface area contributed by atoms with Gasteiger partial charge < -0.3 is 4.74 Å². The molecule has 0 fully saturated rings. The first-order valence-electron chi connectivity index (χ1n) is 2.63. The molecule has 0 saturated carbocycles. The van der Waals surface area contributed by atoms with E-state index in [0.717, 1.165) is 6.42 Å². The second-order valence-electron chi connectivity index (χ2n) is 1.48. The number of carbonyl (C=O) groups excluding carboxylic acids is 1. The van der Waals surface area contributed by atoms with Crippen molar-refractivity contribution in [3.8, 4) is 0 Å². The van der Waals surface area contributed by atoms with E-state index in [4.69, 9.17) is 0 Å². The molecule has 0 bridgehead atoms. The Bertz CT molecular complexity index is 110. The lowest BCUT2D eigenvalue weighted by Crippen LogP contribution is -1.97. The first-order valence-corrected chi connectivity index (χ1v) is 3.88. The van der Waals surface area contributed by atoms with Crippen molar-refractivity contribution in [1.29, 1.82) is 0 Å². The van der Waals surface area contributed by atoms with Crippen molar-refractivity contribution >= 4 is 28.6 Å². The fourth-order valence-electron chi connectivity index (χ4n) is 0.366. The monoisotopic (exact) mass is 240 g/mol. The summed E-state index contributed by atoms with van der Waals surface area (Å²) in [6, 6.07) is 0. The molecule has 9 heavy (non-hydrogen) atoms. The lowest BCUT2D eigenvalue weighted by molar-refractivity contribution is -0.140. The SMILES string of the molecule is COC(=O)CCC=CI. The number of rotatable bonds is 3. The molecule has 0 unspecified atom stereocenters. The van der Waals surface area contributed by atoms with Crippen molar-refractivity contribution in [3.63, 3.8) is 0 Å². The molecule has 0 rings (SSSR count). The lowest BCUT2D eigenvalue weighted by Gasteiger charge is -1.92. The summed E-state index contributed by atoms with van der Waals surface area (Å²) < 4.78 is 6.31. The number of halogens is 1. The molecule has 0 aromatic heterocycles. The van der Waals surface area contributed by atoms with Crippen LogP contribution in [0.15, 0.2) is 10.2 Å². The van der Waals surface area contributed by atoms with E-state index in [1.54, 1.807) is 0 Å². The molecule has 3 heteroatoms. The summed E-state index contributed by atoms with van der Waals surface area (Å²) in [5.41, 5.74) is 0. The first-order chi connectivity index (χ1) is 4.31. The zero-order chi connectivity index (χ0) is 7.11. The Morgan fingerprint density at radius 2 is 2.44 bits per heavy atom. The Balaban J connectivity index is 3.17. The Morgan fingerprint density at radius 1 is 1.78 bits per heavy atom. The molecular formula is C6H9IO2. The maximum atomic E-state index is 10.4. The highest BCUT2D eigenvalue weighted by Crippen LogP contribution is 1.95. The van der Waals surface area contributed by atoms with Crippen LogP contribution < -0.4 is 0 Å². The molecule has 0 aliphatic carbocycles. The van der Waals surface area contributed by atoms with Gasteiger partial charge in [0.05, 0.1) is 7.11 Å². The molecule has 0 spiro atoms. The molecule has 0 amide bonds. The molecule has 0 saturated heterocycles. The van der Waals surface area contributed by atoms with Crippen molar-refractivity contribution in [2.24, 2.45) is 0 Å². The van der Waals surface area contributed by atoms with Crippen LogP contribution in [-0.2, 0) is 9.53 Å². The van der Waals surface area contributed by atoms with Gasteiger partial charge in [0.1, 0.15) is 0 Å². The van der Waals surface area contributed by atoms with Crippen molar-refractivity contribution in [3.05, 3.63) is 10.2 Å². The fraction of sp³-hybridized carbons (Fsp3) is 0.500. The average Bonchev–Trinajstić information content (AvgIpc) is 1.89. The van der Waals surface area contributed by atoms with Crippen LogP contribution >= 0.6 is 22.6 Å². The number of esters is 1. The molecule has 0 atom stereocenters. The summed E-state index contributed by atoms with van der Waals surface area (Å²) >= 11 is 2.11. The van der Waals surface area contributed by atoms with Crippen LogP contribution in [0.25, 0.3) is 0 Å². The summed E-state index contributed by atoms with van der Waals surface area (Å²) in [5, 5.41) is 0. The van der Waals surface area contributed by atoms with Gasteiger partial charge in [0.25, 0.3) is 0 Å². The Hall–Kier alpha value is -0.0600. The van der Waals surface area contributed by atoms with E-state index in [-0.39, 0.29) is 5.97 Å². The van der Waals surface area contributed by atoms with Gasteiger partial charge in [-0.3, -0.25) is 4.79 Å². The molecule has 0 radical (unpaired) electrons. The molecule has 0 aliphatic rings. The van der Waals surface area contributed by atoms with Crippen molar-refractivity contribution in [1.82, 2.24) is 0 Å². The van der Waals surface area contributed by atoms with E-state index in [1.165, 1.54) is 7.11 Å². The van der Waals surface area contributed by atoms with Crippen molar-refractivity contribution in [2.75, 3.05) is 7.11 Å². The van der Waals surface area contributed by atoms with Gasteiger partial charge in [-0.25, -0.2) is 0 Å². The van der Waals surface area contributed by atoms with Crippen LogP contribution in [0, 0.1) is 0 Å². The Labute approximate surface area is 68.4 Å². The maximum Gasteiger partial charge on any atom is 0.305 e. The molecular weight excluding hydrogens is 231 g/mol. The predicted molar refractivity (Wildman–Crippen MR) is 44.4 cm³/mol. The fourth-order valence-corrected chi connectivity index (χ4v) is 0.726. The first kappa shape index (κ1) is 8.94. The third kappa shape index (κ3) is 5.82. The Morgan fingerprint density at radius 3 is 2.89 bits per heavy atom. The van der Waals surface area contributed by atoms with Crippen LogP contribution in [0.4, 0.5) is 0 Å². The number of methoxy groups -OCH3 is 1. The molecule has 0 aromatic carbocycles. The summed E-state index contributed by atoms with van der Waals surface area (Å²) in [6.45, 7) is 0. The number of hydrogen-bond acceptors (Lipinski definition) is 2. The number of hydrogen-bond donors (Lipinski definition) is 0. The van der Waals surface area contributed by atoms with Gasteiger partial charge in [0.2, 0.25) is 0 Å². The highest BCUT2D eigenvalue weighted by molar-refractivity contribution is 14.1. The molecule has 0 aromatic rings. The van der Waals surface area contributed by atoms with E-state index in [9.17, 15) is 4.79 Å². The molecule has 52 valence electrons. The van der Waals surface area contributed by atoms with Crippen molar-refractivity contribution < 1.29 is 9.53 Å². The topological polar surface area (TPSA) is 26.3 Å². The van der Waals surface area contributed by atoms with E-state index in [1.807, 2.05) is 10.2 Å². The number of allylic oxidation sites excluding steroid dienone is 1. The maximum absolute atomic E-state index is 10.4. The molecule has 0 heterocycles. The highest BCUT2D eigenvalue weighted by Gasteiger charge is 1.94. The predicted octanol–water partition coefficient (Wildman–Crippen LogP) is 1.89. The van der Waals surface area contributed by atoms with Crippen LogP contribution in [0.1, 0.15) is 12.8 Å². The van der Waals surface area contributed by atoms with E-state index < -0.39 is 0 Å². The van der Waals surface area contributed by atoms with Gasteiger partial charge in [-0.05, 0) is 10.5 Å². The zero-order valence-electron chi connectivity index (χ0n) is 5.26. The van der Waals surface area contributed by atoms with Crippen LogP contribution in [0.5, 0.6) is 0 Å². The van der Waals surface area contributed by atoms with Crippen LogP contribution in [-0.4, -0.2) is 13.1 Å². The van der Waals surface area contributed by atoms with Gasteiger partial charge in [-0.2, -0.15) is 0 Å². The zero-order valence-corrected chi connectivity index (χ0v) is 7.42. The average molecular weight is 240 g/mol. The number of ether oxygens (including phenoxy) is 1. The summed E-state index contributed by atoms with van der Waals surface area (Å²) in [5.74, 6) is -0.149. The minimum Gasteiger partial charge on any atom is -0.469 e. The highest BCUT2D eigenvalue weighted by atomic mass is 127. The van der Waals surface area contributed by atoms with Gasteiger partial charge in [-0.15, -0.1) is 0 Å². The standard InChI is InChI=1S/C6H9IO2/c1-9-6(8)4-2-3-5-7/h3,5H,2,4H2,1H3. The smallest absolute Gasteiger partial charge is 0.305 e. The molecule has 0 N–H and O–H groups in total. The van der Waals surface area contributed by atoms with E-state index in [0.29, 0.717) is 6.42 Å². The van der Waals surface area contributed by atoms with E-state index >= 15 is 0 Å². The van der Waals surface area contributed by atoms with Gasteiger partial charge in [0, 0.05) is 6.42 Å². The number of carbonyl (C=O) groups is 1. The normalized spacial score (nSPS) is 10.0. The van der Waals surface area contributed by atoms with Gasteiger partial charge in [0.15, 0.2) is 0 Å². The molecule has 2 nitrogen and oxygen atoms in total. The van der Waals surface area contributed by atoms with E-state index in [2.05, 4.69) is 27.3 Å². The summed E-state index contributed by atoms with van der Waals surface area (Å²) in [6.07, 6.45) is 3.18. The third-order valence-electron chi connectivity index (χ3n) is 0.832. The van der Waals surface area contributed by atoms with Gasteiger partial charge in [-0.1, -0.05) is 28.7 Å². The van der Waals surface area contributed by atoms with Crippen LogP contribution in [0.3, 0.4) is 0 Å². The summed E-state index contributed by atoms with van der Waals surface area (Å²) in [7, 11) is 1.40. The van der Waals surface area contributed by atoms with Crippen molar-refractivity contribution in [2.45, 2.75) is 12.8 Å². The quantitative estimate of drug-likeness (QED) is 0.556. The minimum atomic E-state index is -0.149. The van der Waals surface area contributed by atoms with Crippen LogP contribution in [0.2, 0.25) is 0 Å². The Kier molecular flexibility index (Phi) is 6.03. The second kappa shape index (κ2) is 6.07. The minimum absolute atomic E-state index is 0.149. The van der Waals surface area contributed by atoms with Gasteiger partial charge >= 0.3 is 5.97 Å². The lowest BCUT2D eigenvalue weighted by atomic mass is 10.3. The second-order valence-corrected chi connectivity index (χ2v) is 2.20. The molecule has 0 aliphatic heterocycles. The summed E-state index contributed by atoms with van der Waals surface area (Å²) in [4.78, 5) is 10.4.